The van der Waals surface area contributed by atoms with Crippen LogP contribution in [-0.4, -0.2) is 42.6 Å². The van der Waals surface area contributed by atoms with Gasteiger partial charge in [-0.3, -0.25) is 4.79 Å². The summed E-state index contributed by atoms with van der Waals surface area (Å²) >= 11 is 4.61. The maximum Gasteiger partial charge on any atom is 0.253 e. The average molecular weight is 467 g/mol. The van der Waals surface area contributed by atoms with E-state index in [1.54, 1.807) is 32.4 Å². The zero-order valence-electron chi connectivity index (χ0n) is 16.6. The minimum absolute atomic E-state index is 0.0617. The third kappa shape index (κ3) is 4.18. The number of hydrogen-bond donors (Lipinski definition) is 0. The van der Waals surface area contributed by atoms with Gasteiger partial charge in [-0.15, -0.1) is 27.8 Å². The van der Waals surface area contributed by atoms with Crippen LogP contribution in [0.1, 0.15) is 27.8 Å². The van der Waals surface area contributed by atoms with Crippen molar-refractivity contribution in [1.29, 1.82) is 0 Å². The Kier molecular flexibility index (Phi) is 5.66. The Hall–Kier alpha value is -2.82. The Morgan fingerprint density at radius 3 is 2.68 bits per heavy atom. The summed E-state index contributed by atoms with van der Waals surface area (Å²) in [5, 5.41) is 22.9. The molecule has 0 spiro atoms. The van der Waals surface area contributed by atoms with Crippen LogP contribution in [0.25, 0.3) is 5.69 Å². The van der Waals surface area contributed by atoms with Crippen LogP contribution in [-0.2, 0) is 4.79 Å². The Balaban J connectivity index is 1.34. The predicted molar refractivity (Wildman–Crippen MR) is 124 cm³/mol. The van der Waals surface area contributed by atoms with Crippen LogP contribution in [0.3, 0.4) is 0 Å². The number of thiophene rings is 2. The Bertz CT molecular complexity index is 1200. The molecule has 1 atom stereocenters. The summed E-state index contributed by atoms with van der Waals surface area (Å²) in [4.78, 5) is 15.4. The van der Waals surface area contributed by atoms with Crippen molar-refractivity contribution in [3.63, 3.8) is 0 Å². The Morgan fingerprint density at radius 1 is 1.13 bits per heavy atom. The molecular formula is C21H18N6OS3. The molecule has 0 fully saturated rings. The summed E-state index contributed by atoms with van der Waals surface area (Å²) in [5.74, 6) is 0.142. The normalized spacial score (nSPS) is 16.0. The maximum absolute atomic E-state index is 13.2. The van der Waals surface area contributed by atoms with E-state index < -0.39 is 0 Å². The van der Waals surface area contributed by atoms with E-state index in [0.29, 0.717) is 5.16 Å². The first-order valence-corrected chi connectivity index (χ1v) is 12.4. The molecule has 1 aliphatic heterocycles. The largest absolute Gasteiger partial charge is 0.272 e. The molecule has 5 rings (SSSR count). The zero-order chi connectivity index (χ0) is 21.2. The fraction of sp³-hybridized carbons (Fsp3) is 0.190. The SMILES string of the molecule is Cc1ccc(-n2nnnc2SCC(=O)N2N=C(c3cccs3)CC2c2cccs2)cc1. The van der Waals surface area contributed by atoms with Gasteiger partial charge in [-0.1, -0.05) is 41.6 Å². The predicted octanol–water partition coefficient (Wildman–Crippen LogP) is 4.56. The van der Waals surface area contributed by atoms with Gasteiger partial charge in [0, 0.05) is 11.3 Å². The molecule has 4 heterocycles. The van der Waals surface area contributed by atoms with Crippen molar-refractivity contribution in [1.82, 2.24) is 25.2 Å². The Morgan fingerprint density at radius 2 is 1.94 bits per heavy atom. The number of tetrazole rings is 1. The van der Waals surface area contributed by atoms with E-state index in [4.69, 9.17) is 5.10 Å². The van der Waals surface area contributed by atoms with Gasteiger partial charge in [0.05, 0.1) is 28.1 Å². The number of hydrazone groups is 1. The van der Waals surface area contributed by atoms with Crippen molar-refractivity contribution in [3.8, 4) is 5.69 Å². The van der Waals surface area contributed by atoms with Crippen molar-refractivity contribution < 1.29 is 4.79 Å². The molecule has 0 saturated heterocycles. The van der Waals surface area contributed by atoms with E-state index in [1.807, 2.05) is 60.1 Å². The second-order valence-corrected chi connectivity index (χ2v) is 9.86. The quantitative estimate of drug-likeness (QED) is 0.389. The number of benzene rings is 1. The van der Waals surface area contributed by atoms with Gasteiger partial charge in [0.2, 0.25) is 5.16 Å². The summed E-state index contributed by atoms with van der Waals surface area (Å²) < 4.78 is 1.65. The van der Waals surface area contributed by atoms with Crippen molar-refractivity contribution in [2.45, 2.75) is 24.5 Å². The summed E-state index contributed by atoms with van der Waals surface area (Å²) in [5.41, 5.74) is 2.98. The molecule has 0 N–H and O–H groups in total. The molecule has 1 amide bonds. The lowest BCUT2D eigenvalue weighted by Gasteiger charge is -2.20. The number of hydrogen-bond acceptors (Lipinski definition) is 8. The topological polar surface area (TPSA) is 76.3 Å². The molecule has 31 heavy (non-hydrogen) atoms. The fourth-order valence-corrected chi connectivity index (χ4v) is 5.62. The van der Waals surface area contributed by atoms with Gasteiger partial charge < -0.3 is 0 Å². The first kappa shape index (κ1) is 20.1. The van der Waals surface area contributed by atoms with E-state index in [2.05, 4.69) is 21.6 Å². The highest BCUT2D eigenvalue weighted by atomic mass is 32.2. The highest BCUT2D eigenvalue weighted by molar-refractivity contribution is 7.99. The van der Waals surface area contributed by atoms with Gasteiger partial charge in [-0.2, -0.15) is 9.78 Å². The molecular weight excluding hydrogens is 448 g/mol. The van der Waals surface area contributed by atoms with Crippen molar-refractivity contribution >= 4 is 46.1 Å². The summed E-state index contributed by atoms with van der Waals surface area (Å²) in [6.45, 7) is 2.03. The van der Waals surface area contributed by atoms with Crippen molar-refractivity contribution in [3.05, 3.63) is 74.6 Å². The van der Waals surface area contributed by atoms with E-state index in [9.17, 15) is 4.79 Å². The second-order valence-electron chi connectivity index (χ2n) is 7.00. The van der Waals surface area contributed by atoms with Gasteiger partial charge in [0.15, 0.2) is 0 Å². The lowest BCUT2D eigenvalue weighted by molar-refractivity contribution is -0.130. The van der Waals surface area contributed by atoms with Crippen LogP contribution >= 0.6 is 34.4 Å². The van der Waals surface area contributed by atoms with Gasteiger partial charge in [0.1, 0.15) is 0 Å². The smallest absolute Gasteiger partial charge is 0.253 e. The number of carbonyl (C=O) groups is 1. The van der Waals surface area contributed by atoms with E-state index in [0.717, 1.165) is 33.1 Å². The maximum atomic E-state index is 13.2. The number of aromatic nitrogens is 4. The standard InChI is InChI=1S/C21H18N6OS3/c1-14-6-8-15(9-7-14)26-21(22-24-25-26)31-13-20(28)27-17(19-5-3-11-30-19)12-16(23-27)18-4-2-10-29-18/h2-11,17H,12-13H2,1H3. The Labute approximate surface area is 191 Å². The van der Waals surface area contributed by atoms with Crippen LogP contribution in [0.4, 0.5) is 0 Å². The lowest BCUT2D eigenvalue weighted by Crippen LogP contribution is -2.28. The van der Waals surface area contributed by atoms with Gasteiger partial charge >= 0.3 is 0 Å². The molecule has 0 radical (unpaired) electrons. The van der Waals surface area contributed by atoms with Crippen molar-refractivity contribution in [2.75, 3.05) is 5.75 Å². The lowest BCUT2D eigenvalue weighted by atomic mass is 10.1. The summed E-state index contributed by atoms with van der Waals surface area (Å²) in [6, 6.07) is 16.0. The average Bonchev–Trinajstić information content (AvgIpc) is 3.58. The van der Waals surface area contributed by atoms with Crippen LogP contribution in [0.5, 0.6) is 0 Å². The van der Waals surface area contributed by atoms with Crippen LogP contribution in [0, 0.1) is 6.92 Å². The molecule has 4 aromatic rings. The van der Waals surface area contributed by atoms with Crippen molar-refractivity contribution in [2.24, 2.45) is 5.10 Å². The number of carbonyl (C=O) groups excluding carboxylic acids is 1. The van der Waals surface area contributed by atoms with E-state index in [-0.39, 0.29) is 17.7 Å². The number of nitrogens with zero attached hydrogens (tertiary/aromatic N) is 6. The summed E-state index contributed by atoms with van der Waals surface area (Å²) in [7, 11) is 0. The number of rotatable bonds is 6. The van der Waals surface area contributed by atoms with Crippen LogP contribution in [0.2, 0.25) is 0 Å². The molecule has 3 aromatic heterocycles. The second kappa shape index (κ2) is 8.74. The number of thioether (sulfide) groups is 1. The molecule has 0 bridgehead atoms. The zero-order valence-corrected chi connectivity index (χ0v) is 19.0. The molecule has 7 nitrogen and oxygen atoms in total. The molecule has 1 aliphatic rings. The number of amides is 1. The van der Waals surface area contributed by atoms with Gasteiger partial charge in [-0.25, -0.2) is 5.01 Å². The van der Waals surface area contributed by atoms with Gasteiger partial charge in [-0.05, 0) is 52.4 Å². The van der Waals surface area contributed by atoms with E-state index in [1.165, 1.54) is 11.8 Å². The third-order valence-electron chi connectivity index (χ3n) is 4.89. The van der Waals surface area contributed by atoms with E-state index >= 15 is 0 Å². The molecule has 0 aliphatic carbocycles. The molecule has 1 aromatic carbocycles. The first-order valence-electron chi connectivity index (χ1n) is 9.64. The molecule has 10 heteroatoms. The number of aryl methyl sites for hydroxylation is 1. The van der Waals surface area contributed by atoms with Crippen LogP contribution in [0.15, 0.2) is 69.5 Å². The highest BCUT2D eigenvalue weighted by Crippen LogP contribution is 2.36. The third-order valence-corrected chi connectivity index (χ3v) is 7.68. The molecule has 0 saturated carbocycles. The minimum atomic E-state index is -0.0710. The molecule has 1 unspecified atom stereocenters. The fourth-order valence-electron chi connectivity index (χ4n) is 3.34. The van der Waals surface area contributed by atoms with Gasteiger partial charge in [0.25, 0.3) is 5.91 Å². The first-order chi connectivity index (χ1) is 15.2. The molecule has 156 valence electrons. The minimum Gasteiger partial charge on any atom is -0.272 e. The summed E-state index contributed by atoms with van der Waals surface area (Å²) in [6.07, 6.45) is 0.721. The monoisotopic (exact) mass is 466 g/mol. The highest BCUT2D eigenvalue weighted by Gasteiger charge is 2.34. The van der Waals surface area contributed by atoms with Crippen LogP contribution < -0.4 is 0 Å².